The molecule has 1 saturated heterocycles. The number of hydrogen-bond acceptors (Lipinski definition) is 9. The van der Waals surface area contributed by atoms with Crippen LogP contribution in [0.15, 0.2) is 0 Å². The minimum absolute atomic E-state index is 0.116. The average molecular weight is 361 g/mol. The van der Waals surface area contributed by atoms with E-state index in [9.17, 15) is 26.7 Å². The molecular formula is C10H19NO9S2. The minimum atomic E-state index is -3.91. The molecule has 1 heterocycles. The molecule has 0 aromatic heterocycles. The van der Waals surface area contributed by atoms with Crippen LogP contribution in [0.2, 0.25) is 0 Å². The number of aliphatic hydroxyl groups is 1. The van der Waals surface area contributed by atoms with Crippen molar-refractivity contribution in [3.05, 3.63) is 0 Å². The maximum absolute atomic E-state index is 11.3. The van der Waals surface area contributed by atoms with E-state index < -0.39 is 57.3 Å². The average Bonchev–Trinajstić information content (AvgIpc) is 2.27. The van der Waals surface area contributed by atoms with Gasteiger partial charge in [0.2, 0.25) is 5.91 Å². The van der Waals surface area contributed by atoms with Crippen molar-refractivity contribution in [2.75, 3.05) is 19.1 Å². The Labute approximate surface area is 129 Å². The van der Waals surface area contributed by atoms with Crippen molar-refractivity contribution < 1.29 is 39.8 Å². The van der Waals surface area contributed by atoms with Gasteiger partial charge in [0.05, 0.1) is 25.2 Å². The Morgan fingerprint density at radius 1 is 1.27 bits per heavy atom. The molecule has 10 nitrogen and oxygen atoms in total. The monoisotopic (exact) mass is 361 g/mol. The molecule has 0 unspecified atom stereocenters. The quantitative estimate of drug-likeness (QED) is 0.509. The van der Waals surface area contributed by atoms with Crippen molar-refractivity contribution in [3.8, 4) is 0 Å². The number of carbonyl (C=O) groups is 1. The molecule has 4 atom stereocenters. The Morgan fingerprint density at radius 3 is 2.32 bits per heavy atom. The van der Waals surface area contributed by atoms with Gasteiger partial charge in [-0.25, -0.2) is 0 Å². The fraction of sp³-hybridized carbons (Fsp3) is 0.900. The Bertz CT molecular complexity index is 600. The fourth-order valence-electron chi connectivity index (χ4n) is 2.00. The van der Waals surface area contributed by atoms with Crippen LogP contribution in [0.5, 0.6) is 0 Å². The van der Waals surface area contributed by atoms with E-state index in [0.717, 1.165) is 12.5 Å². The number of hydrogen-bond donors (Lipinski definition) is 2. The maximum Gasteiger partial charge on any atom is 0.264 e. The van der Waals surface area contributed by atoms with Gasteiger partial charge in [-0.1, -0.05) is 0 Å². The Hall–Kier alpha value is -0.790. The SMILES string of the molecule is CC(=O)N[C@H]1C[C@@H](O)O[C@H](COS(C)(=O)=O)[C@@H]1OS(C)(=O)=O. The molecule has 0 bridgehead atoms. The summed E-state index contributed by atoms with van der Waals surface area (Å²) in [6.07, 6.45) is -2.27. The molecule has 0 saturated carbocycles. The maximum atomic E-state index is 11.3. The summed E-state index contributed by atoms with van der Waals surface area (Å²) in [5.74, 6) is -0.469. The van der Waals surface area contributed by atoms with Crippen LogP contribution in [0, 0.1) is 0 Å². The summed E-state index contributed by atoms with van der Waals surface area (Å²) in [5, 5.41) is 12.1. The van der Waals surface area contributed by atoms with E-state index in [0.29, 0.717) is 0 Å². The van der Waals surface area contributed by atoms with E-state index >= 15 is 0 Å². The van der Waals surface area contributed by atoms with Crippen molar-refractivity contribution in [2.45, 2.75) is 37.9 Å². The van der Waals surface area contributed by atoms with Crippen molar-refractivity contribution in [1.82, 2.24) is 5.32 Å². The van der Waals surface area contributed by atoms with Crippen molar-refractivity contribution in [1.29, 1.82) is 0 Å². The van der Waals surface area contributed by atoms with Gasteiger partial charge < -0.3 is 15.2 Å². The molecule has 0 aromatic carbocycles. The van der Waals surface area contributed by atoms with Crippen LogP contribution in [0.1, 0.15) is 13.3 Å². The lowest BCUT2D eigenvalue weighted by atomic mass is 9.99. The molecule has 1 amide bonds. The standard InChI is InChI=1S/C10H19NO9S2/c1-6(12)11-7-4-9(13)19-8(5-18-21(2,14)15)10(7)20-22(3,16)17/h7-10,13H,4-5H2,1-3H3,(H,11,12)/t7-,8+,9-,10+/m0/s1. The van der Waals surface area contributed by atoms with Gasteiger partial charge in [0, 0.05) is 13.3 Å². The second-order valence-electron chi connectivity index (χ2n) is 4.93. The van der Waals surface area contributed by atoms with E-state index in [1.807, 2.05) is 0 Å². The normalized spacial score (nSPS) is 30.0. The van der Waals surface area contributed by atoms with Crippen LogP contribution in [-0.4, -0.2) is 71.5 Å². The first-order chi connectivity index (χ1) is 9.87. The first kappa shape index (κ1) is 19.3. The number of nitrogens with one attached hydrogen (secondary N) is 1. The molecule has 0 aliphatic carbocycles. The fourth-order valence-corrected chi connectivity index (χ4v) is 3.05. The molecule has 1 rings (SSSR count). The number of amides is 1. The van der Waals surface area contributed by atoms with E-state index in [1.165, 1.54) is 6.92 Å². The van der Waals surface area contributed by atoms with Gasteiger partial charge in [-0.2, -0.15) is 16.8 Å². The summed E-state index contributed by atoms with van der Waals surface area (Å²) in [6.45, 7) is 0.646. The minimum Gasteiger partial charge on any atom is -0.368 e. The zero-order valence-electron chi connectivity index (χ0n) is 12.3. The number of carbonyl (C=O) groups excluding carboxylic acids is 1. The highest BCUT2D eigenvalue weighted by molar-refractivity contribution is 7.86. The second-order valence-corrected chi connectivity index (χ2v) is 8.17. The third-order valence-corrected chi connectivity index (χ3v) is 3.81. The number of aliphatic hydroxyl groups excluding tert-OH is 1. The lowest BCUT2D eigenvalue weighted by Gasteiger charge is -2.39. The van der Waals surface area contributed by atoms with Crippen LogP contribution in [-0.2, 0) is 38.1 Å². The largest absolute Gasteiger partial charge is 0.368 e. The number of rotatable bonds is 6. The summed E-state index contributed by atoms with van der Waals surface area (Å²) in [5.41, 5.74) is 0. The van der Waals surface area contributed by atoms with E-state index in [-0.39, 0.29) is 6.42 Å². The molecule has 1 aliphatic heterocycles. The first-order valence-corrected chi connectivity index (χ1v) is 9.84. The van der Waals surface area contributed by atoms with Crippen molar-refractivity contribution in [2.24, 2.45) is 0 Å². The highest BCUT2D eigenvalue weighted by atomic mass is 32.2. The number of ether oxygens (including phenoxy) is 1. The lowest BCUT2D eigenvalue weighted by molar-refractivity contribution is -0.208. The van der Waals surface area contributed by atoms with E-state index in [1.54, 1.807) is 0 Å². The molecule has 1 aliphatic rings. The lowest BCUT2D eigenvalue weighted by Crippen LogP contribution is -2.58. The predicted octanol–water partition coefficient (Wildman–Crippen LogP) is -2.08. The summed E-state index contributed by atoms with van der Waals surface area (Å²) < 4.78 is 59.3. The van der Waals surface area contributed by atoms with Crippen LogP contribution < -0.4 is 5.32 Å². The second kappa shape index (κ2) is 7.19. The van der Waals surface area contributed by atoms with Crippen molar-refractivity contribution in [3.63, 3.8) is 0 Å². The summed E-state index contributed by atoms with van der Waals surface area (Å²) in [4.78, 5) is 11.2. The molecule has 22 heavy (non-hydrogen) atoms. The molecule has 0 aromatic rings. The van der Waals surface area contributed by atoms with Gasteiger partial charge in [-0.05, 0) is 0 Å². The molecule has 130 valence electrons. The van der Waals surface area contributed by atoms with Gasteiger partial charge in [0.25, 0.3) is 20.2 Å². The van der Waals surface area contributed by atoms with Crippen LogP contribution in [0.3, 0.4) is 0 Å². The summed E-state index contributed by atoms with van der Waals surface area (Å²) in [6, 6.07) is -0.885. The molecule has 2 N–H and O–H groups in total. The van der Waals surface area contributed by atoms with Gasteiger partial charge in [-0.3, -0.25) is 13.2 Å². The molecule has 1 fully saturated rings. The Balaban J connectivity index is 2.98. The highest BCUT2D eigenvalue weighted by Crippen LogP contribution is 2.24. The third kappa shape index (κ3) is 6.98. The van der Waals surface area contributed by atoms with Crippen LogP contribution in [0.4, 0.5) is 0 Å². The first-order valence-electron chi connectivity index (χ1n) is 6.20. The van der Waals surface area contributed by atoms with Gasteiger partial charge in [0.15, 0.2) is 6.29 Å². The van der Waals surface area contributed by atoms with Crippen molar-refractivity contribution >= 4 is 26.1 Å². The Kier molecular flexibility index (Phi) is 6.29. The topological polar surface area (TPSA) is 145 Å². The van der Waals surface area contributed by atoms with Crippen LogP contribution >= 0.6 is 0 Å². The summed E-state index contributed by atoms with van der Waals surface area (Å²) >= 11 is 0. The van der Waals surface area contributed by atoms with Crippen LogP contribution in [0.25, 0.3) is 0 Å². The third-order valence-electron chi connectivity index (χ3n) is 2.67. The molecule has 0 spiro atoms. The van der Waals surface area contributed by atoms with E-state index in [4.69, 9.17) is 8.92 Å². The smallest absolute Gasteiger partial charge is 0.264 e. The Morgan fingerprint density at radius 2 is 1.86 bits per heavy atom. The van der Waals surface area contributed by atoms with Gasteiger partial charge >= 0.3 is 0 Å². The highest BCUT2D eigenvalue weighted by Gasteiger charge is 2.42. The molecule has 0 radical (unpaired) electrons. The zero-order chi connectivity index (χ0) is 17.1. The summed E-state index contributed by atoms with van der Waals surface area (Å²) in [7, 11) is -7.72. The molecule has 12 heteroatoms. The zero-order valence-corrected chi connectivity index (χ0v) is 13.9. The predicted molar refractivity (Wildman–Crippen MR) is 73.6 cm³/mol. The van der Waals surface area contributed by atoms with Gasteiger partial charge in [0.1, 0.15) is 12.2 Å². The van der Waals surface area contributed by atoms with Gasteiger partial charge in [-0.15, -0.1) is 0 Å². The van der Waals surface area contributed by atoms with E-state index in [2.05, 4.69) is 9.50 Å². The molecular weight excluding hydrogens is 342 g/mol.